The predicted molar refractivity (Wildman–Crippen MR) is 60.1 cm³/mol. The third-order valence-corrected chi connectivity index (χ3v) is 4.82. The maximum atomic E-state index is 12.0. The summed E-state index contributed by atoms with van der Waals surface area (Å²) in [6.45, 7) is 4.23. The zero-order valence-electron chi connectivity index (χ0n) is 9.52. The smallest absolute Gasteiger partial charge is 0.214 e. The summed E-state index contributed by atoms with van der Waals surface area (Å²) in [7, 11) is -3.11. The molecule has 15 heavy (non-hydrogen) atoms. The van der Waals surface area contributed by atoms with Gasteiger partial charge in [-0.1, -0.05) is 0 Å². The number of rotatable bonds is 7. The van der Waals surface area contributed by atoms with Crippen LogP contribution in [0.5, 0.6) is 0 Å². The summed E-state index contributed by atoms with van der Waals surface area (Å²) >= 11 is 0. The van der Waals surface area contributed by atoms with Crippen LogP contribution < -0.4 is 0 Å². The van der Waals surface area contributed by atoms with Gasteiger partial charge in [0.05, 0.1) is 5.75 Å². The molecule has 1 N–H and O–H groups in total. The number of aliphatic hydroxyl groups is 1. The lowest BCUT2D eigenvalue weighted by atomic mass is 10.3. The van der Waals surface area contributed by atoms with Crippen LogP contribution in [0.15, 0.2) is 0 Å². The molecule has 1 fully saturated rings. The molecule has 90 valence electrons. The molecule has 4 nitrogen and oxygen atoms in total. The monoisotopic (exact) mass is 235 g/mol. The third kappa shape index (κ3) is 4.09. The Bertz CT molecular complexity index is 283. The summed E-state index contributed by atoms with van der Waals surface area (Å²) < 4.78 is 25.5. The molecule has 0 unspecified atom stereocenters. The summed E-state index contributed by atoms with van der Waals surface area (Å²) in [5.41, 5.74) is 0. The molecule has 1 saturated carbocycles. The van der Waals surface area contributed by atoms with E-state index in [1.165, 1.54) is 4.31 Å². The molecule has 0 aromatic rings. The number of hydrogen-bond donors (Lipinski definition) is 1. The maximum absolute atomic E-state index is 12.0. The lowest BCUT2D eigenvalue weighted by Crippen LogP contribution is -2.39. The predicted octanol–water partition coefficient (Wildman–Crippen LogP) is 0.819. The maximum Gasteiger partial charge on any atom is 0.214 e. The van der Waals surface area contributed by atoms with Crippen molar-refractivity contribution < 1.29 is 13.5 Å². The molecule has 0 aliphatic heterocycles. The molecule has 0 amide bonds. The van der Waals surface area contributed by atoms with E-state index in [0.717, 1.165) is 12.8 Å². The van der Waals surface area contributed by atoms with Gasteiger partial charge in [-0.05, 0) is 39.0 Å². The van der Waals surface area contributed by atoms with Gasteiger partial charge in [0, 0.05) is 19.2 Å². The summed E-state index contributed by atoms with van der Waals surface area (Å²) in [6.07, 6.45) is 2.61. The van der Waals surface area contributed by atoms with E-state index in [2.05, 4.69) is 0 Å². The minimum atomic E-state index is -3.11. The molecule has 0 spiro atoms. The highest BCUT2D eigenvalue weighted by molar-refractivity contribution is 7.89. The fraction of sp³-hybridized carbons (Fsp3) is 1.00. The Hall–Kier alpha value is -0.130. The number of aliphatic hydroxyl groups excluding tert-OH is 1. The Morgan fingerprint density at radius 2 is 2.00 bits per heavy atom. The first-order valence-corrected chi connectivity index (χ1v) is 7.18. The van der Waals surface area contributed by atoms with Gasteiger partial charge in [-0.25, -0.2) is 8.42 Å². The summed E-state index contributed by atoms with van der Waals surface area (Å²) in [6, 6.07) is -0.0136. The van der Waals surface area contributed by atoms with Crippen molar-refractivity contribution in [3.05, 3.63) is 0 Å². The lowest BCUT2D eigenvalue weighted by molar-refractivity contribution is 0.258. The normalized spacial score (nSPS) is 17.7. The average molecular weight is 235 g/mol. The van der Waals surface area contributed by atoms with Crippen LogP contribution in [0.1, 0.15) is 33.1 Å². The lowest BCUT2D eigenvalue weighted by Gasteiger charge is -2.25. The Morgan fingerprint density at radius 3 is 2.40 bits per heavy atom. The van der Waals surface area contributed by atoms with Crippen molar-refractivity contribution >= 4 is 10.0 Å². The van der Waals surface area contributed by atoms with Crippen LogP contribution in [0.3, 0.4) is 0 Å². The van der Waals surface area contributed by atoms with Crippen molar-refractivity contribution in [2.45, 2.75) is 39.2 Å². The summed E-state index contributed by atoms with van der Waals surface area (Å²) in [4.78, 5) is 0. The highest BCUT2D eigenvalue weighted by Gasteiger charge is 2.32. The zero-order chi connectivity index (χ0) is 11.5. The molecule has 0 radical (unpaired) electrons. The molecule has 1 rings (SSSR count). The van der Waals surface area contributed by atoms with Crippen LogP contribution in [0.25, 0.3) is 0 Å². The minimum Gasteiger partial charge on any atom is -0.396 e. The first kappa shape index (κ1) is 12.9. The molecule has 0 bridgehead atoms. The van der Waals surface area contributed by atoms with E-state index in [1.807, 2.05) is 13.8 Å². The largest absolute Gasteiger partial charge is 0.396 e. The van der Waals surface area contributed by atoms with Gasteiger partial charge in [-0.3, -0.25) is 0 Å². The van der Waals surface area contributed by atoms with Crippen LogP contribution in [0, 0.1) is 5.92 Å². The van der Waals surface area contributed by atoms with E-state index in [1.54, 1.807) is 0 Å². The fourth-order valence-electron chi connectivity index (χ4n) is 1.62. The van der Waals surface area contributed by atoms with Gasteiger partial charge < -0.3 is 5.11 Å². The molecule has 5 heteroatoms. The number of sulfonamides is 1. The highest BCUT2D eigenvalue weighted by atomic mass is 32.2. The summed E-state index contributed by atoms with van der Waals surface area (Å²) in [5.74, 6) is 0.668. The Morgan fingerprint density at radius 1 is 1.40 bits per heavy atom. The van der Waals surface area contributed by atoms with Crippen LogP contribution in [-0.2, 0) is 10.0 Å². The van der Waals surface area contributed by atoms with Gasteiger partial charge in [0.1, 0.15) is 0 Å². The van der Waals surface area contributed by atoms with Gasteiger partial charge >= 0.3 is 0 Å². The van der Waals surface area contributed by atoms with Crippen molar-refractivity contribution in [1.29, 1.82) is 0 Å². The third-order valence-electron chi connectivity index (χ3n) is 2.61. The van der Waals surface area contributed by atoms with Crippen molar-refractivity contribution in [3.63, 3.8) is 0 Å². The molecular formula is C10H21NO3S. The van der Waals surface area contributed by atoms with E-state index in [4.69, 9.17) is 5.11 Å². The SMILES string of the molecule is CC(C)N(CCCO)S(=O)(=O)CC1CC1. The Kier molecular flexibility index (Phi) is 4.55. The second kappa shape index (κ2) is 5.27. The molecule has 0 saturated heterocycles. The summed E-state index contributed by atoms with van der Waals surface area (Å²) in [5, 5.41) is 8.74. The molecule has 1 aliphatic carbocycles. The molecule has 0 heterocycles. The molecule has 0 aromatic carbocycles. The first-order valence-electron chi connectivity index (χ1n) is 5.57. The Balaban J connectivity index is 2.59. The standard InChI is InChI=1S/C10H21NO3S/c1-9(2)11(6-3-7-12)15(13,14)8-10-4-5-10/h9-10,12H,3-8H2,1-2H3. The number of hydrogen-bond acceptors (Lipinski definition) is 3. The van der Waals surface area contributed by atoms with E-state index >= 15 is 0 Å². The van der Waals surface area contributed by atoms with Gasteiger partial charge in [0.25, 0.3) is 0 Å². The molecular weight excluding hydrogens is 214 g/mol. The van der Waals surface area contributed by atoms with Crippen molar-refractivity contribution in [3.8, 4) is 0 Å². The van der Waals surface area contributed by atoms with Crippen LogP contribution in [0.2, 0.25) is 0 Å². The van der Waals surface area contributed by atoms with Gasteiger partial charge in [0.2, 0.25) is 10.0 Å². The van der Waals surface area contributed by atoms with Crippen molar-refractivity contribution in [2.24, 2.45) is 5.92 Å². The zero-order valence-corrected chi connectivity index (χ0v) is 10.3. The van der Waals surface area contributed by atoms with Crippen LogP contribution >= 0.6 is 0 Å². The molecule has 1 aliphatic rings. The fourth-order valence-corrected chi connectivity index (χ4v) is 3.79. The van der Waals surface area contributed by atoms with Gasteiger partial charge in [-0.2, -0.15) is 4.31 Å². The first-order chi connectivity index (χ1) is 6.97. The number of nitrogens with zero attached hydrogens (tertiary/aromatic N) is 1. The van der Waals surface area contributed by atoms with E-state index in [0.29, 0.717) is 18.9 Å². The van der Waals surface area contributed by atoms with E-state index in [-0.39, 0.29) is 18.4 Å². The molecule has 0 atom stereocenters. The second-order valence-electron chi connectivity index (χ2n) is 4.50. The topological polar surface area (TPSA) is 57.6 Å². The van der Waals surface area contributed by atoms with E-state index < -0.39 is 10.0 Å². The van der Waals surface area contributed by atoms with Gasteiger partial charge in [-0.15, -0.1) is 0 Å². The second-order valence-corrected chi connectivity index (χ2v) is 6.47. The quantitative estimate of drug-likeness (QED) is 0.710. The van der Waals surface area contributed by atoms with Crippen LogP contribution in [0.4, 0.5) is 0 Å². The minimum absolute atomic E-state index is 0.0136. The van der Waals surface area contributed by atoms with E-state index in [9.17, 15) is 8.42 Å². The highest BCUT2D eigenvalue weighted by Crippen LogP contribution is 2.31. The average Bonchev–Trinajstić information content (AvgIpc) is 2.87. The van der Waals surface area contributed by atoms with Crippen LogP contribution in [-0.4, -0.2) is 42.8 Å². The Labute approximate surface area is 92.3 Å². The van der Waals surface area contributed by atoms with Crippen molar-refractivity contribution in [1.82, 2.24) is 4.31 Å². The van der Waals surface area contributed by atoms with Crippen molar-refractivity contribution in [2.75, 3.05) is 18.9 Å². The van der Waals surface area contributed by atoms with Gasteiger partial charge in [0.15, 0.2) is 0 Å². The molecule has 0 aromatic heterocycles.